The molecule has 7 heteroatoms. The second kappa shape index (κ2) is 9.40. The number of amides is 1. The summed E-state index contributed by atoms with van der Waals surface area (Å²) in [4.78, 5) is 14.6. The van der Waals surface area contributed by atoms with Crippen molar-refractivity contribution in [2.24, 2.45) is 0 Å². The van der Waals surface area contributed by atoms with E-state index in [1.54, 1.807) is 13.2 Å². The molecule has 2 rings (SSSR count). The third kappa shape index (κ3) is 5.29. The Labute approximate surface area is 135 Å². The third-order valence-electron chi connectivity index (χ3n) is 3.21. The smallest absolute Gasteiger partial charge is 0.233 e. The lowest BCUT2D eigenvalue weighted by Gasteiger charge is -2.06. The van der Waals surface area contributed by atoms with Crippen molar-refractivity contribution in [3.63, 3.8) is 0 Å². The van der Waals surface area contributed by atoms with Gasteiger partial charge in [-0.25, -0.2) is 4.39 Å². The standard InChI is InChI=1S/C15H20FN3O2.ClH/c1-21-7-6-17-10-15(20)18-5-4-11-9-19-14-8-12(16)2-3-13(11)14;/h2-3,8-9,17,19H,4-7,10H2,1H3,(H,18,20);1H. The molecule has 0 fully saturated rings. The summed E-state index contributed by atoms with van der Waals surface area (Å²) in [6.07, 6.45) is 2.56. The summed E-state index contributed by atoms with van der Waals surface area (Å²) in [7, 11) is 1.62. The quantitative estimate of drug-likeness (QED) is 0.645. The Morgan fingerprint density at radius 3 is 2.95 bits per heavy atom. The van der Waals surface area contributed by atoms with Crippen LogP contribution >= 0.6 is 12.4 Å². The van der Waals surface area contributed by atoms with Crippen molar-refractivity contribution in [2.75, 3.05) is 33.4 Å². The molecule has 122 valence electrons. The third-order valence-corrected chi connectivity index (χ3v) is 3.21. The number of carbonyl (C=O) groups excluding carboxylic acids is 1. The number of rotatable bonds is 8. The second-order valence-electron chi connectivity index (χ2n) is 4.77. The number of hydrogen-bond donors (Lipinski definition) is 3. The lowest BCUT2D eigenvalue weighted by molar-refractivity contribution is -0.120. The maximum absolute atomic E-state index is 13.1. The molecule has 0 aliphatic heterocycles. The van der Waals surface area contributed by atoms with E-state index in [0.717, 1.165) is 16.5 Å². The Morgan fingerprint density at radius 1 is 1.36 bits per heavy atom. The number of aromatic nitrogens is 1. The van der Waals surface area contributed by atoms with Crippen LogP contribution in [0.2, 0.25) is 0 Å². The van der Waals surface area contributed by atoms with Crippen LogP contribution in [0.25, 0.3) is 10.9 Å². The maximum atomic E-state index is 13.1. The van der Waals surface area contributed by atoms with E-state index in [1.165, 1.54) is 12.1 Å². The van der Waals surface area contributed by atoms with Crippen molar-refractivity contribution in [2.45, 2.75) is 6.42 Å². The van der Waals surface area contributed by atoms with E-state index in [9.17, 15) is 9.18 Å². The Balaban J connectivity index is 0.00000242. The van der Waals surface area contributed by atoms with Gasteiger partial charge in [0.25, 0.3) is 0 Å². The van der Waals surface area contributed by atoms with Gasteiger partial charge in [-0.3, -0.25) is 4.79 Å². The fourth-order valence-corrected chi connectivity index (χ4v) is 2.14. The van der Waals surface area contributed by atoms with Crippen LogP contribution in [0.1, 0.15) is 5.56 Å². The number of carbonyl (C=O) groups is 1. The minimum atomic E-state index is -0.258. The first kappa shape index (κ1) is 18.4. The van der Waals surface area contributed by atoms with Crippen LogP contribution in [-0.4, -0.2) is 44.2 Å². The number of aromatic amines is 1. The van der Waals surface area contributed by atoms with Gasteiger partial charge in [0.2, 0.25) is 5.91 Å². The first-order valence-electron chi connectivity index (χ1n) is 6.92. The predicted octanol–water partition coefficient (Wildman–Crippen LogP) is 1.62. The molecular weight excluding hydrogens is 309 g/mol. The molecule has 1 aromatic heterocycles. The van der Waals surface area contributed by atoms with Crippen LogP contribution in [0.5, 0.6) is 0 Å². The molecule has 0 bridgehead atoms. The SMILES string of the molecule is COCCNCC(=O)NCCc1c[nH]c2cc(F)ccc12.Cl. The van der Waals surface area contributed by atoms with E-state index >= 15 is 0 Å². The van der Waals surface area contributed by atoms with E-state index in [4.69, 9.17) is 4.74 Å². The predicted molar refractivity (Wildman–Crippen MR) is 87.0 cm³/mol. The monoisotopic (exact) mass is 329 g/mol. The van der Waals surface area contributed by atoms with Crippen LogP contribution in [0, 0.1) is 5.82 Å². The molecule has 0 spiro atoms. The number of hydrogen-bond acceptors (Lipinski definition) is 3. The largest absolute Gasteiger partial charge is 0.383 e. The summed E-state index contributed by atoms with van der Waals surface area (Å²) in [5.74, 6) is -0.302. The summed E-state index contributed by atoms with van der Waals surface area (Å²) in [5, 5.41) is 6.81. The first-order valence-corrected chi connectivity index (χ1v) is 6.92. The number of halogens is 2. The highest BCUT2D eigenvalue weighted by atomic mass is 35.5. The Bertz CT molecular complexity index is 603. The fourth-order valence-electron chi connectivity index (χ4n) is 2.14. The lowest BCUT2D eigenvalue weighted by Crippen LogP contribution is -2.36. The minimum absolute atomic E-state index is 0. The molecular formula is C15H21ClFN3O2. The highest BCUT2D eigenvalue weighted by Gasteiger charge is 2.05. The molecule has 1 heterocycles. The molecule has 22 heavy (non-hydrogen) atoms. The number of benzene rings is 1. The van der Waals surface area contributed by atoms with Crippen molar-refractivity contribution in [3.05, 3.63) is 35.8 Å². The van der Waals surface area contributed by atoms with E-state index < -0.39 is 0 Å². The molecule has 0 atom stereocenters. The van der Waals surface area contributed by atoms with E-state index in [-0.39, 0.29) is 30.7 Å². The summed E-state index contributed by atoms with van der Waals surface area (Å²) in [6.45, 7) is 2.06. The summed E-state index contributed by atoms with van der Waals surface area (Å²) >= 11 is 0. The molecule has 0 radical (unpaired) electrons. The molecule has 0 saturated carbocycles. The van der Waals surface area contributed by atoms with Crippen LogP contribution in [-0.2, 0) is 16.0 Å². The van der Waals surface area contributed by atoms with Crippen molar-refractivity contribution < 1.29 is 13.9 Å². The van der Waals surface area contributed by atoms with Gasteiger partial charge in [-0.1, -0.05) is 0 Å². The lowest BCUT2D eigenvalue weighted by atomic mass is 10.1. The fraction of sp³-hybridized carbons (Fsp3) is 0.400. The molecule has 1 amide bonds. The zero-order valence-electron chi connectivity index (χ0n) is 12.4. The highest BCUT2D eigenvalue weighted by molar-refractivity contribution is 5.85. The zero-order valence-corrected chi connectivity index (χ0v) is 13.3. The van der Waals surface area contributed by atoms with Crippen LogP contribution in [0.15, 0.2) is 24.4 Å². The molecule has 0 aliphatic rings. The Morgan fingerprint density at radius 2 is 2.18 bits per heavy atom. The Hall–Kier alpha value is -1.63. The van der Waals surface area contributed by atoms with Crippen molar-refractivity contribution in [3.8, 4) is 0 Å². The average molecular weight is 330 g/mol. The maximum Gasteiger partial charge on any atom is 0.233 e. The molecule has 1 aromatic carbocycles. The van der Waals surface area contributed by atoms with Gasteiger partial charge in [0, 0.05) is 37.3 Å². The van der Waals surface area contributed by atoms with Gasteiger partial charge >= 0.3 is 0 Å². The van der Waals surface area contributed by atoms with Gasteiger partial charge in [-0.15, -0.1) is 12.4 Å². The first-order chi connectivity index (χ1) is 10.2. The van der Waals surface area contributed by atoms with Gasteiger partial charge in [-0.05, 0) is 30.2 Å². The minimum Gasteiger partial charge on any atom is -0.383 e. The topological polar surface area (TPSA) is 66.2 Å². The van der Waals surface area contributed by atoms with Crippen molar-refractivity contribution in [1.29, 1.82) is 0 Å². The summed E-state index contributed by atoms with van der Waals surface area (Å²) in [6, 6.07) is 4.67. The van der Waals surface area contributed by atoms with Gasteiger partial charge in [-0.2, -0.15) is 0 Å². The van der Waals surface area contributed by atoms with Gasteiger partial charge in [0.1, 0.15) is 5.82 Å². The van der Waals surface area contributed by atoms with Crippen molar-refractivity contribution in [1.82, 2.24) is 15.6 Å². The van der Waals surface area contributed by atoms with E-state index in [2.05, 4.69) is 15.6 Å². The molecule has 3 N–H and O–H groups in total. The van der Waals surface area contributed by atoms with Crippen LogP contribution in [0.3, 0.4) is 0 Å². The van der Waals surface area contributed by atoms with Gasteiger partial charge in [0.05, 0.1) is 13.2 Å². The van der Waals surface area contributed by atoms with Gasteiger partial charge < -0.3 is 20.4 Å². The number of ether oxygens (including phenoxy) is 1. The number of methoxy groups -OCH3 is 1. The average Bonchev–Trinajstić information content (AvgIpc) is 2.86. The summed E-state index contributed by atoms with van der Waals surface area (Å²) < 4.78 is 18.0. The van der Waals surface area contributed by atoms with Crippen LogP contribution in [0.4, 0.5) is 4.39 Å². The Kier molecular flexibility index (Phi) is 7.87. The zero-order chi connectivity index (χ0) is 15.1. The number of nitrogens with one attached hydrogen (secondary N) is 3. The van der Waals surface area contributed by atoms with Crippen molar-refractivity contribution >= 4 is 29.2 Å². The molecule has 0 aliphatic carbocycles. The molecule has 5 nitrogen and oxygen atoms in total. The van der Waals surface area contributed by atoms with Gasteiger partial charge in [0.15, 0.2) is 0 Å². The highest BCUT2D eigenvalue weighted by Crippen LogP contribution is 2.19. The second-order valence-corrected chi connectivity index (χ2v) is 4.77. The van der Waals surface area contributed by atoms with Crippen LogP contribution < -0.4 is 10.6 Å². The molecule has 0 unspecified atom stereocenters. The molecule has 0 saturated heterocycles. The number of H-pyrrole nitrogens is 1. The summed E-state index contributed by atoms with van der Waals surface area (Å²) in [5.41, 5.74) is 1.84. The van der Waals surface area contributed by atoms with E-state index in [1.807, 2.05) is 6.20 Å². The van der Waals surface area contributed by atoms with E-state index in [0.29, 0.717) is 26.1 Å². The normalized spacial score (nSPS) is 10.5. The number of fused-ring (bicyclic) bond motifs is 1. The molecule has 2 aromatic rings.